The van der Waals surface area contributed by atoms with Crippen molar-refractivity contribution < 1.29 is 23.7 Å². The van der Waals surface area contributed by atoms with Gasteiger partial charge in [0.25, 0.3) is 5.91 Å². The topological polar surface area (TPSA) is 78.9 Å². The van der Waals surface area contributed by atoms with E-state index in [1.54, 1.807) is 51.7 Å². The first kappa shape index (κ1) is 17.8. The molecule has 26 heavy (non-hydrogen) atoms. The molecular weight excluding hydrogens is 356 g/mol. The zero-order chi connectivity index (χ0) is 18.7. The molecule has 0 unspecified atom stereocenters. The zero-order valence-corrected chi connectivity index (χ0v) is 15.6. The first-order chi connectivity index (χ1) is 12.6. The second-order valence-electron chi connectivity index (χ2n) is 5.19. The summed E-state index contributed by atoms with van der Waals surface area (Å²) in [6.45, 7) is 0. The summed E-state index contributed by atoms with van der Waals surface area (Å²) in [6, 6.07) is 8.57. The number of carbonyl (C=O) groups is 1. The van der Waals surface area contributed by atoms with Crippen molar-refractivity contribution in [1.82, 2.24) is 4.98 Å². The lowest BCUT2D eigenvalue weighted by Gasteiger charge is -2.09. The molecule has 3 rings (SSSR count). The Morgan fingerprint density at radius 1 is 0.923 bits per heavy atom. The molecule has 0 atom stereocenters. The van der Waals surface area contributed by atoms with E-state index in [4.69, 9.17) is 18.9 Å². The summed E-state index contributed by atoms with van der Waals surface area (Å²) in [5.41, 5.74) is 1.01. The smallest absolute Gasteiger partial charge is 0.261 e. The second-order valence-corrected chi connectivity index (χ2v) is 6.19. The Morgan fingerprint density at radius 3 is 2.27 bits per heavy atom. The average molecular weight is 374 g/mol. The number of hydrogen-bond acceptors (Lipinski definition) is 7. The van der Waals surface area contributed by atoms with Gasteiger partial charge in [-0.05, 0) is 24.3 Å². The van der Waals surface area contributed by atoms with Crippen molar-refractivity contribution in [3.05, 3.63) is 35.9 Å². The van der Waals surface area contributed by atoms with Crippen molar-refractivity contribution in [3.63, 3.8) is 0 Å². The van der Waals surface area contributed by atoms with Crippen LogP contribution >= 0.6 is 11.3 Å². The number of aromatic nitrogens is 1. The number of hydrogen-bond donors (Lipinski definition) is 1. The highest BCUT2D eigenvalue weighted by Gasteiger charge is 2.18. The first-order valence-corrected chi connectivity index (χ1v) is 8.47. The van der Waals surface area contributed by atoms with E-state index < -0.39 is 0 Å². The van der Waals surface area contributed by atoms with Gasteiger partial charge in [-0.15, -0.1) is 0 Å². The minimum Gasteiger partial charge on any atom is -0.497 e. The molecule has 2 aromatic carbocycles. The third kappa shape index (κ3) is 3.23. The molecule has 0 spiro atoms. The second kappa shape index (κ2) is 7.49. The number of fused-ring (bicyclic) bond motifs is 1. The van der Waals surface area contributed by atoms with Crippen molar-refractivity contribution in [2.45, 2.75) is 0 Å². The fourth-order valence-corrected chi connectivity index (χ4v) is 3.46. The van der Waals surface area contributed by atoms with Gasteiger partial charge in [0.1, 0.15) is 33.2 Å². The van der Waals surface area contributed by atoms with Gasteiger partial charge < -0.3 is 18.9 Å². The highest BCUT2D eigenvalue weighted by Crippen LogP contribution is 2.39. The molecule has 0 aliphatic heterocycles. The molecular formula is C18H18N2O5S. The highest BCUT2D eigenvalue weighted by molar-refractivity contribution is 7.22. The van der Waals surface area contributed by atoms with E-state index in [0.29, 0.717) is 39.2 Å². The van der Waals surface area contributed by atoms with Crippen molar-refractivity contribution in [2.24, 2.45) is 0 Å². The lowest BCUT2D eigenvalue weighted by molar-refractivity contribution is 0.102. The van der Waals surface area contributed by atoms with Gasteiger partial charge in [-0.2, -0.15) is 0 Å². The predicted molar refractivity (Wildman–Crippen MR) is 100 cm³/mol. The van der Waals surface area contributed by atoms with Crippen LogP contribution in [0.2, 0.25) is 0 Å². The molecule has 0 fully saturated rings. The maximum Gasteiger partial charge on any atom is 0.261 e. The third-order valence-corrected chi connectivity index (χ3v) is 4.77. The van der Waals surface area contributed by atoms with E-state index in [-0.39, 0.29) is 5.91 Å². The van der Waals surface area contributed by atoms with Crippen molar-refractivity contribution in [1.29, 1.82) is 0 Å². The van der Waals surface area contributed by atoms with Crippen molar-refractivity contribution in [3.8, 4) is 23.0 Å². The summed E-state index contributed by atoms with van der Waals surface area (Å²) in [5, 5.41) is 3.23. The number of thiazole rings is 1. The Morgan fingerprint density at radius 2 is 1.62 bits per heavy atom. The third-order valence-electron chi connectivity index (χ3n) is 3.78. The van der Waals surface area contributed by atoms with Crippen LogP contribution in [0.15, 0.2) is 30.3 Å². The number of ether oxygens (including phenoxy) is 4. The highest BCUT2D eigenvalue weighted by atomic mass is 32.1. The van der Waals surface area contributed by atoms with E-state index in [2.05, 4.69) is 10.3 Å². The Balaban J connectivity index is 1.95. The van der Waals surface area contributed by atoms with Crippen LogP contribution in [0.5, 0.6) is 23.0 Å². The molecule has 7 nitrogen and oxygen atoms in total. The summed E-state index contributed by atoms with van der Waals surface area (Å²) < 4.78 is 21.9. The van der Waals surface area contributed by atoms with Crippen LogP contribution in [0.25, 0.3) is 10.2 Å². The molecule has 0 saturated heterocycles. The Bertz CT molecular complexity index is 913. The maximum absolute atomic E-state index is 12.7. The predicted octanol–water partition coefficient (Wildman–Crippen LogP) is 3.58. The number of amides is 1. The fourth-order valence-electron chi connectivity index (χ4n) is 2.49. The summed E-state index contributed by atoms with van der Waals surface area (Å²) in [5.74, 6) is 1.97. The van der Waals surface area contributed by atoms with Gasteiger partial charge in [0, 0.05) is 6.07 Å². The quantitative estimate of drug-likeness (QED) is 0.710. The molecule has 8 heteroatoms. The van der Waals surface area contributed by atoms with Gasteiger partial charge in [-0.3, -0.25) is 10.1 Å². The van der Waals surface area contributed by atoms with Crippen LogP contribution in [-0.4, -0.2) is 39.3 Å². The summed E-state index contributed by atoms with van der Waals surface area (Å²) >= 11 is 1.31. The lowest BCUT2D eigenvalue weighted by atomic mass is 10.2. The van der Waals surface area contributed by atoms with E-state index in [0.717, 1.165) is 4.70 Å². The minimum atomic E-state index is -0.332. The largest absolute Gasteiger partial charge is 0.497 e. The lowest BCUT2D eigenvalue weighted by Crippen LogP contribution is -2.13. The van der Waals surface area contributed by atoms with E-state index in [1.165, 1.54) is 18.4 Å². The number of anilines is 1. The number of methoxy groups -OCH3 is 4. The minimum absolute atomic E-state index is 0.332. The SMILES string of the molecule is COc1ccc(C(=O)Nc2nc3c(OC)ccc(OC)c3s2)c(OC)c1. The van der Waals surface area contributed by atoms with Crippen LogP contribution in [0.1, 0.15) is 10.4 Å². The zero-order valence-electron chi connectivity index (χ0n) is 14.8. The Kier molecular flexibility index (Phi) is 5.13. The van der Waals surface area contributed by atoms with Crippen molar-refractivity contribution >= 4 is 32.6 Å². The van der Waals surface area contributed by atoms with Crippen LogP contribution in [0.4, 0.5) is 5.13 Å². The molecule has 0 radical (unpaired) electrons. The average Bonchev–Trinajstić information content (AvgIpc) is 3.09. The van der Waals surface area contributed by atoms with Gasteiger partial charge in [-0.25, -0.2) is 4.98 Å². The van der Waals surface area contributed by atoms with Gasteiger partial charge in [-0.1, -0.05) is 11.3 Å². The maximum atomic E-state index is 12.7. The van der Waals surface area contributed by atoms with Gasteiger partial charge in [0.2, 0.25) is 0 Å². The molecule has 0 aliphatic rings. The van der Waals surface area contributed by atoms with Crippen molar-refractivity contribution in [2.75, 3.05) is 33.8 Å². The molecule has 1 aromatic heterocycles. The van der Waals surface area contributed by atoms with Crippen LogP contribution in [-0.2, 0) is 0 Å². The molecule has 0 saturated carbocycles. The Labute approximate surface area is 154 Å². The van der Waals surface area contributed by atoms with Crippen LogP contribution in [0.3, 0.4) is 0 Å². The molecule has 3 aromatic rings. The standard InChI is InChI=1S/C18H18N2O5S/c1-22-10-5-6-11(14(9-10)25-4)17(21)20-18-19-15-12(23-2)7-8-13(24-3)16(15)26-18/h5-9H,1-4H3,(H,19,20,21). The molecule has 1 heterocycles. The number of nitrogens with one attached hydrogen (secondary N) is 1. The first-order valence-electron chi connectivity index (χ1n) is 7.66. The van der Waals surface area contributed by atoms with Crippen LogP contribution in [0, 0.1) is 0 Å². The Hall–Kier alpha value is -3.00. The summed E-state index contributed by atoms with van der Waals surface area (Å²) in [7, 11) is 6.21. The van der Waals surface area contributed by atoms with E-state index in [1.807, 2.05) is 0 Å². The molecule has 1 amide bonds. The normalized spacial score (nSPS) is 10.5. The van der Waals surface area contributed by atoms with E-state index >= 15 is 0 Å². The number of carbonyl (C=O) groups excluding carboxylic acids is 1. The summed E-state index contributed by atoms with van der Waals surface area (Å²) in [6.07, 6.45) is 0. The fraction of sp³-hybridized carbons (Fsp3) is 0.222. The van der Waals surface area contributed by atoms with Gasteiger partial charge in [0.15, 0.2) is 5.13 Å². The number of nitrogens with zero attached hydrogens (tertiary/aromatic N) is 1. The molecule has 1 N–H and O–H groups in total. The molecule has 136 valence electrons. The van der Waals surface area contributed by atoms with Crippen LogP contribution < -0.4 is 24.3 Å². The molecule has 0 aliphatic carbocycles. The van der Waals surface area contributed by atoms with E-state index in [9.17, 15) is 4.79 Å². The summed E-state index contributed by atoms with van der Waals surface area (Å²) in [4.78, 5) is 17.1. The number of benzene rings is 2. The number of rotatable bonds is 6. The molecule has 0 bridgehead atoms. The monoisotopic (exact) mass is 374 g/mol. The van der Waals surface area contributed by atoms with Gasteiger partial charge in [0.05, 0.1) is 34.0 Å². The van der Waals surface area contributed by atoms with Gasteiger partial charge >= 0.3 is 0 Å².